The highest BCUT2D eigenvalue weighted by Gasteiger charge is 2.08. The van der Waals surface area contributed by atoms with Gasteiger partial charge in [0.2, 0.25) is 0 Å². The van der Waals surface area contributed by atoms with Crippen LogP contribution in [0, 0.1) is 0 Å². The second-order valence-corrected chi connectivity index (χ2v) is 4.86. The van der Waals surface area contributed by atoms with E-state index in [1.165, 1.54) is 4.57 Å². The molecule has 1 aromatic heterocycles. The summed E-state index contributed by atoms with van der Waals surface area (Å²) in [4.78, 5) is 26.0. The lowest BCUT2D eigenvalue weighted by atomic mass is 10.1. The average molecular weight is 289 g/mol. The summed E-state index contributed by atoms with van der Waals surface area (Å²) in [5, 5.41) is 0. The van der Waals surface area contributed by atoms with Gasteiger partial charge in [-0.25, -0.2) is 4.79 Å². The van der Waals surface area contributed by atoms with Gasteiger partial charge in [-0.1, -0.05) is 43.4 Å². The lowest BCUT2D eigenvalue weighted by Crippen LogP contribution is -2.32. The van der Waals surface area contributed by atoms with Crippen LogP contribution in [0.5, 0.6) is 0 Å². The number of hydrogen-bond acceptors (Lipinski definition) is 3. The molecule has 2 aromatic rings. The summed E-state index contributed by atoms with van der Waals surface area (Å²) in [6.45, 7) is 2.18. The van der Waals surface area contributed by atoms with Crippen LogP contribution in [0.15, 0.2) is 40.1 Å². The van der Waals surface area contributed by atoms with Crippen LogP contribution in [-0.4, -0.2) is 14.5 Å². The van der Waals surface area contributed by atoms with Crippen LogP contribution in [0.1, 0.15) is 23.6 Å². The lowest BCUT2D eigenvalue weighted by Gasteiger charge is -2.10. The quantitative estimate of drug-likeness (QED) is 0.815. The standard InChI is InChI=1S/C14H15N3O2S/c1-2-9-7-17(14(19)16-13(9)18)8-10-5-3-4-6-11(10)12(15)20/h3-7H,2,8H2,1H3,(H2,15,20)(H,16,18,19). The molecule has 3 N–H and O–H groups in total. The fourth-order valence-corrected chi connectivity index (χ4v) is 2.21. The first-order valence-corrected chi connectivity index (χ1v) is 6.64. The number of nitrogens with one attached hydrogen (secondary N) is 1. The van der Waals surface area contributed by atoms with Crippen LogP contribution in [0.3, 0.4) is 0 Å². The normalized spacial score (nSPS) is 10.4. The van der Waals surface area contributed by atoms with E-state index in [0.717, 1.165) is 11.1 Å². The van der Waals surface area contributed by atoms with Crippen molar-refractivity contribution in [3.8, 4) is 0 Å². The van der Waals surface area contributed by atoms with E-state index in [4.69, 9.17) is 18.0 Å². The van der Waals surface area contributed by atoms with E-state index < -0.39 is 5.69 Å². The third-order valence-corrected chi connectivity index (χ3v) is 3.31. The lowest BCUT2D eigenvalue weighted by molar-refractivity contribution is 0.707. The van der Waals surface area contributed by atoms with E-state index in [1.54, 1.807) is 6.20 Å². The Balaban J connectivity index is 2.48. The minimum atomic E-state index is -0.440. The average Bonchev–Trinajstić information content (AvgIpc) is 2.42. The van der Waals surface area contributed by atoms with Crippen molar-refractivity contribution in [1.82, 2.24) is 9.55 Å². The molecule has 1 aromatic carbocycles. The minimum absolute atomic E-state index is 0.286. The van der Waals surface area contributed by atoms with Crippen molar-refractivity contribution < 1.29 is 0 Å². The van der Waals surface area contributed by atoms with Crippen LogP contribution < -0.4 is 17.0 Å². The van der Waals surface area contributed by atoms with Gasteiger partial charge >= 0.3 is 5.69 Å². The Kier molecular flexibility index (Phi) is 4.14. The van der Waals surface area contributed by atoms with Crippen LogP contribution in [0.25, 0.3) is 0 Å². The molecule has 6 heteroatoms. The number of aryl methyl sites for hydroxylation is 1. The molecule has 5 nitrogen and oxygen atoms in total. The Morgan fingerprint density at radius 2 is 2.00 bits per heavy atom. The predicted octanol–water partition coefficient (Wildman–Crippen LogP) is 0.782. The van der Waals surface area contributed by atoms with Crippen LogP contribution >= 0.6 is 12.2 Å². The van der Waals surface area contributed by atoms with Crippen molar-refractivity contribution in [1.29, 1.82) is 0 Å². The molecule has 0 spiro atoms. The molecule has 0 atom stereocenters. The summed E-state index contributed by atoms with van der Waals surface area (Å²) in [7, 11) is 0. The Morgan fingerprint density at radius 1 is 1.30 bits per heavy atom. The molecule has 20 heavy (non-hydrogen) atoms. The van der Waals surface area contributed by atoms with Crippen LogP contribution in [-0.2, 0) is 13.0 Å². The Labute approximate surface area is 121 Å². The molecule has 0 aliphatic heterocycles. The van der Waals surface area contributed by atoms with Gasteiger partial charge in [0.05, 0.1) is 6.54 Å². The number of thiocarbonyl (C=S) groups is 1. The van der Waals surface area contributed by atoms with Gasteiger partial charge in [-0.2, -0.15) is 0 Å². The predicted molar refractivity (Wildman–Crippen MR) is 82.1 cm³/mol. The Morgan fingerprint density at radius 3 is 2.65 bits per heavy atom. The monoisotopic (exact) mass is 289 g/mol. The van der Waals surface area contributed by atoms with Crippen molar-refractivity contribution in [3.05, 3.63) is 68.0 Å². The zero-order valence-electron chi connectivity index (χ0n) is 11.1. The summed E-state index contributed by atoms with van der Waals surface area (Å²) in [5.74, 6) is 0. The smallest absolute Gasteiger partial charge is 0.328 e. The topological polar surface area (TPSA) is 80.9 Å². The third-order valence-electron chi connectivity index (χ3n) is 3.09. The maximum Gasteiger partial charge on any atom is 0.328 e. The van der Waals surface area contributed by atoms with E-state index in [2.05, 4.69) is 4.98 Å². The molecule has 0 bridgehead atoms. The van der Waals surface area contributed by atoms with Gasteiger partial charge in [-0.3, -0.25) is 14.3 Å². The summed E-state index contributed by atoms with van der Waals surface area (Å²) in [6.07, 6.45) is 2.14. The molecule has 0 aliphatic rings. The highest BCUT2D eigenvalue weighted by molar-refractivity contribution is 7.80. The first-order valence-electron chi connectivity index (χ1n) is 6.23. The maximum atomic E-state index is 11.8. The molecule has 0 radical (unpaired) electrons. The molecule has 104 valence electrons. The molecule has 0 amide bonds. The van der Waals surface area contributed by atoms with Crippen molar-refractivity contribution >= 4 is 17.2 Å². The van der Waals surface area contributed by atoms with E-state index in [1.807, 2.05) is 31.2 Å². The maximum absolute atomic E-state index is 11.8. The molecule has 1 heterocycles. The van der Waals surface area contributed by atoms with Crippen LogP contribution in [0.2, 0.25) is 0 Å². The van der Waals surface area contributed by atoms with Crippen LogP contribution in [0.4, 0.5) is 0 Å². The minimum Gasteiger partial charge on any atom is -0.389 e. The fraction of sp³-hybridized carbons (Fsp3) is 0.214. The molecule has 2 rings (SSSR count). The molecular weight excluding hydrogens is 274 g/mol. The van der Waals surface area contributed by atoms with Gasteiger partial charge in [-0.15, -0.1) is 0 Å². The number of rotatable bonds is 4. The highest BCUT2D eigenvalue weighted by atomic mass is 32.1. The molecule has 0 fully saturated rings. The summed E-state index contributed by atoms with van der Waals surface area (Å²) in [6, 6.07) is 7.37. The molecule has 0 saturated carbocycles. The zero-order chi connectivity index (χ0) is 14.7. The van der Waals surface area contributed by atoms with Crippen molar-refractivity contribution in [3.63, 3.8) is 0 Å². The first-order chi connectivity index (χ1) is 9.52. The number of aromatic amines is 1. The summed E-state index contributed by atoms with van der Waals surface area (Å²) >= 11 is 5.00. The van der Waals surface area contributed by atoms with Crippen molar-refractivity contribution in [2.24, 2.45) is 5.73 Å². The number of nitrogens with zero attached hydrogens (tertiary/aromatic N) is 1. The third kappa shape index (κ3) is 2.85. The highest BCUT2D eigenvalue weighted by Crippen LogP contribution is 2.09. The van der Waals surface area contributed by atoms with Crippen molar-refractivity contribution in [2.75, 3.05) is 0 Å². The second kappa shape index (κ2) is 5.83. The summed E-state index contributed by atoms with van der Waals surface area (Å²) in [5.41, 5.74) is 7.04. The van der Waals surface area contributed by atoms with E-state index in [0.29, 0.717) is 18.5 Å². The van der Waals surface area contributed by atoms with Gasteiger partial charge in [0.25, 0.3) is 5.56 Å². The van der Waals surface area contributed by atoms with Gasteiger partial charge in [-0.05, 0) is 12.0 Å². The number of hydrogen-bond donors (Lipinski definition) is 2. The number of aromatic nitrogens is 2. The fourth-order valence-electron chi connectivity index (χ4n) is 2.01. The Bertz CT molecular complexity index is 761. The SMILES string of the molecule is CCc1cn(Cc2ccccc2C(N)=S)c(=O)[nH]c1=O. The second-order valence-electron chi connectivity index (χ2n) is 4.42. The number of benzene rings is 1. The van der Waals surface area contributed by atoms with Crippen molar-refractivity contribution in [2.45, 2.75) is 19.9 Å². The number of H-pyrrole nitrogens is 1. The van der Waals surface area contributed by atoms with Gasteiger partial charge in [0, 0.05) is 17.3 Å². The Hall–Kier alpha value is -2.21. The zero-order valence-corrected chi connectivity index (χ0v) is 11.9. The molecular formula is C14H15N3O2S. The molecule has 0 aliphatic carbocycles. The number of nitrogens with two attached hydrogens (primary N) is 1. The molecule has 0 unspecified atom stereocenters. The molecule has 0 saturated heterocycles. The largest absolute Gasteiger partial charge is 0.389 e. The first kappa shape index (κ1) is 14.2. The van der Waals surface area contributed by atoms with E-state index in [9.17, 15) is 9.59 Å². The van der Waals surface area contributed by atoms with E-state index in [-0.39, 0.29) is 10.5 Å². The van der Waals surface area contributed by atoms with Gasteiger partial charge < -0.3 is 5.73 Å². The van der Waals surface area contributed by atoms with Gasteiger partial charge in [0.1, 0.15) is 4.99 Å². The van der Waals surface area contributed by atoms with E-state index >= 15 is 0 Å². The van der Waals surface area contributed by atoms with Gasteiger partial charge in [0.15, 0.2) is 0 Å². The summed E-state index contributed by atoms with van der Waals surface area (Å²) < 4.78 is 1.46.